The van der Waals surface area contributed by atoms with E-state index in [1.165, 1.54) is 16.7 Å². The monoisotopic (exact) mass is 217 g/mol. The van der Waals surface area contributed by atoms with E-state index in [1.807, 2.05) is 0 Å². The molecule has 0 N–H and O–H groups in total. The summed E-state index contributed by atoms with van der Waals surface area (Å²) in [6, 6.07) is 6.69. The van der Waals surface area contributed by atoms with Crippen molar-refractivity contribution in [2.24, 2.45) is 0 Å². The second kappa shape index (κ2) is 4.79. The number of carbonyl (C=O) groups is 1. The molecule has 2 nitrogen and oxygen atoms in total. The van der Waals surface area contributed by atoms with Crippen LogP contribution in [0.25, 0.3) is 0 Å². The Kier molecular flexibility index (Phi) is 3.39. The molecule has 1 aliphatic heterocycles. The third kappa shape index (κ3) is 2.70. The Labute approximate surface area is 97.3 Å². The molecule has 1 aromatic carbocycles. The Bertz CT molecular complexity index is 398. The zero-order valence-electron chi connectivity index (χ0n) is 10.1. The highest BCUT2D eigenvalue weighted by atomic mass is 16.1. The number of fused-ring (bicyclic) bond motifs is 1. The average Bonchev–Trinajstić information content (AvgIpc) is 2.26. The third-order valence-corrected chi connectivity index (χ3v) is 3.23. The lowest BCUT2D eigenvalue weighted by Crippen LogP contribution is -2.32. The van der Waals surface area contributed by atoms with Gasteiger partial charge in [0.05, 0.1) is 0 Å². The van der Waals surface area contributed by atoms with Gasteiger partial charge in [-0.15, -0.1) is 0 Å². The Morgan fingerprint density at radius 1 is 1.38 bits per heavy atom. The molecule has 0 saturated carbocycles. The van der Waals surface area contributed by atoms with Crippen molar-refractivity contribution in [3.05, 3.63) is 34.9 Å². The molecule has 0 aliphatic carbocycles. The standard InChI is InChI=1S/C14H19NO/c1-11-3-4-14-10-15(7-5-12(2)16)8-6-13(14)9-11/h3-4,9H,5-8,10H2,1-2H3. The molecule has 0 amide bonds. The van der Waals surface area contributed by atoms with Crippen LogP contribution in [0.3, 0.4) is 0 Å². The normalized spacial score (nSPS) is 15.9. The Morgan fingerprint density at radius 3 is 2.94 bits per heavy atom. The first kappa shape index (κ1) is 11.3. The third-order valence-electron chi connectivity index (χ3n) is 3.23. The molecule has 0 atom stereocenters. The maximum Gasteiger partial charge on any atom is 0.131 e. The molecule has 0 saturated heterocycles. The van der Waals surface area contributed by atoms with E-state index in [2.05, 4.69) is 30.0 Å². The zero-order chi connectivity index (χ0) is 11.5. The largest absolute Gasteiger partial charge is 0.300 e. The number of hydrogen-bond acceptors (Lipinski definition) is 2. The number of carbonyl (C=O) groups excluding carboxylic acids is 1. The van der Waals surface area contributed by atoms with Crippen molar-refractivity contribution in [2.45, 2.75) is 33.2 Å². The van der Waals surface area contributed by atoms with Gasteiger partial charge in [-0.05, 0) is 31.4 Å². The fourth-order valence-electron chi connectivity index (χ4n) is 2.25. The highest BCUT2D eigenvalue weighted by molar-refractivity contribution is 5.75. The molecule has 2 rings (SSSR count). The molecule has 1 aromatic rings. The van der Waals surface area contributed by atoms with Crippen molar-refractivity contribution < 1.29 is 4.79 Å². The van der Waals surface area contributed by atoms with Gasteiger partial charge in [-0.2, -0.15) is 0 Å². The van der Waals surface area contributed by atoms with Gasteiger partial charge in [-0.25, -0.2) is 0 Å². The maximum atomic E-state index is 10.9. The number of aryl methyl sites for hydroxylation is 1. The van der Waals surface area contributed by atoms with E-state index in [1.54, 1.807) is 6.92 Å². The SMILES string of the molecule is CC(=O)CCN1CCc2cc(C)ccc2C1. The van der Waals surface area contributed by atoms with Crippen molar-refractivity contribution >= 4 is 5.78 Å². The first-order valence-electron chi connectivity index (χ1n) is 5.95. The van der Waals surface area contributed by atoms with Crippen molar-refractivity contribution in [3.8, 4) is 0 Å². The van der Waals surface area contributed by atoms with Crippen LogP contribution in [0, 0.1) is 6.92 Å². The summed E-state index contributed by atoms with van der Waals surface area (Å²) in [4.78, 5) is 13.3. The summed E-state index contributed by atoms with van der Waals surface area (Å²) in [5.41, 5.74) is 4.26. The quantitative estimate of drug-likeness (QED) is 0.774. The molecule has 16 heavy (non-hydrogen) atoms. The van der Waals surface area contributed by atoms with E-state index in [-0.39, 0.29) is 5.78 Å². The van der Waals surface area contributed by atoms with Gasteiger partial charge in [0.2, 0.25) is 0 Å². The van der Waals surface area contributed by atoms with Crippen LogP contribution < -0.4 is 0 Å². The lowest BCUT2D eigenvalue weighted by Gasteiger charge is -2.28. The van der Waals surface area contributed by atoms with Crippen LogP contribution in [-0.4, -0.2) is 23.8 Å². The summed E-state index contributed by atoms with van der Waals surface area (Å²) in [7, 11) is 0. The van der Waals surface area contributed by atoms with Crippen LogP contribution in [0.2, 0.25) is 0 Å². The number of rotatable bonds is 3. The summed E-state index contributed by atoms with van der Waals surface area (Å²) < 4.78 is 0. The fourth-order valence-corrected chi connectivity index (χ4v) is 2.25. The lowest BCUT2D eigenvalue weighted by atomic mass is 9.97. The molecule has 0 unspecified atom stereocenters. The molecule has 1 aliphatic rings. The van der Waals surface area contributed by atoms with Gasteiger partial charge < -0.3 is 0 Å². The predicted octanol–water partition coefficient (Wildman–Crippen LogP) is 2.33. The molecule has 0 radical (unpaired) electrons. The highest BCUT2D eigenvalue weighted by Gasteiger charge is 2.15. The van der Waals surface area contributed by atoms with Gasteiger partial charge in [0, 0.05) is 26.1 Å². The zero-order valence-corrected chi connectivity index (χ0v) is 10.1. The topological polar surface area (TPSA) is 20.3 Å². The van der Waals surface area contributed by atoms with Gasteiger partial charge in [0.15, 0.2) is 0 Å². The van der Waals surface area contributed by atoms with Crippen molar-refractivity contribution in [3.63, 3.8) is 0 Å². The van der Waals surface area contributed by atoms with Gasteiger partial charge in [0.25, 0.3) is 0 Å². The van der Waals surface area contributed by atoms with Crippen LogP contribution in [0.15, 0.2) is 18.2 Å². The molecule has 0 bridgehead atoms. The van der Waals surface area contributed by atoms with Gasteiger partial charge in [-0.1, -0.05) is 23.8 Å². The van der Waals surface area contributed by atoms with E-state index in [0.717, 1.165) is 26.1 Å². The number of hydrogen-bond donors (Lipinski definition) is 0. The van der Waals surface area contributed by atoms with Crippen molar-refractivity contribution in [1.29, 1.82) is 0 Å². The number of Topliss-reactive ketones (excluding diaryl/α,β-unsaturated/α-hetero) is 1. The van der Waals surface area contributed by atoms with E-state index >= 15 is 0 Å². The van der Waals surface area contributed by atoms with Crippen LogP contribution in [0.5, 0.6) is 0 Å². The summed E-state index contributed by atoms with van der Waals surface area (Å²) in [6.45, 7) is 6.80. The number of nitrogens with zero attached hydrogens (tertiary/aromatic N) is 1. The number of benzene rings is 1. The molecule has 0 aromatic heterocycles. The van der Waals surface area contributed by atoms with Crippen LogP contribution in [0.4, 0.5) is 0 Å². The second-order valence-electron chi connectivity index (χ2n) is 4.75. The first-order valence-corrected chi connectivity index (χ1v) is 5.95. The second-order valence-corrected chi connectivity index (χ2v) is 4.75. The molecular formula is C14H19NO. The number of ketones is 1. The van der Waals surface area contributed by atoms with Crippen molar-refractivity contribution in [2.75, 3.05) is 13.1 Å². The van der Waals surface area contributed by atoms with Gasteiger partial charge >= 0.3 is 0 Å². The Hall–Kier alpha value is -1.15. The van der Waals surface area contributed by atoms with Crippen LogP contribution in [0.1, 0.15) is 30.0 Å². The first-order chi connectivity index (χ1) is 7.65. The summed E-state index contributed by atoms with van der Waals surface area (Å²) in [5, 5.41) is 0. The molecule has 86 valence electrons. The predicted molar refractivity (Wildman–Crippen MR) is 65.5 cm³/mol. The van der Waals surface area contributed by atoms with Gasteiger partial charge in [-0.3, -0.25) is 9.69 Å². The van der Waals surface area contributed by atoms with E-state index < -0.39 is 0 Å². The van der Waals surface area contributed by atoms with Crippen LogP contribution in [-0.2, 0) is 17.8 Å². The summed E-state index contributed by atoms with van der Waals surface area (Å²) in [6.07, 6.45) is 1.80. The Morgan fingerprint density at radius 2 is 2.19 bits per heavy atom. The molecule has 2 heteroatoms. The minimum atomic E-state index is 0.287. The molecule has 0 fully saturated rings. The molecular weight excluding hydrogens is 198 g/mol. The van der Waals surface area contributed by atoms with Crippen LogP contribution >= 0.6 is 0 Å². The average molecular weight is 217 g/mol. The summed E-state index contributed by atoms with van der Waals surface area (Å²) >= 11 is 0. The van der Waals surface area contributed by atoms with E-state index in [0.29, 0.717) is 6.42 Å². The molecule has 1 heterocycles. The maximum absolute atomic E-state index is 10.9. The summed E-state index contributed by atoms with van der Waals surface area (Å²) in [5.74, 6) is 0.287. The van der Waals surface area contributed by atoms with E-state index in [4.69, 9.17) is 0 Å². The fraction of sp³-hybridized carbons (Fsp3) is 0.500. The van der Waals surface area contributed by atoms with E-state index in [9.17, 15) is 4.79 Å². The highest BCUT2D eigenvalue weighted by Crippen LogP contribution is 2.20. The minimum absolute atomic E-state index is 0.287. The van der Waals surface area contributed by atoms with Gasteiger partial charge in [0.1, 0.15) is 5.78 Å². The molecule has 0 spiro atoms. The lowest BCUT2D eigenvalue weighted by molar-refractivity contribution is -0.117. The smallest absolute Gasteiger partial charge is 0.131 e. The van der Waals surface area contributed by atoms with Crippen molar-refractivity contribution in [1.82, 2.24) is 4.90 Å². The Balaban J connectivity index is 2.01. The minimum Gasteiger partial charge on any atom is -0.300 e.